The van der Waals surface area contributed by atoms with E-state index in [2.05, 4.69) is 10.3 Å². The van der Waals surface area contributed by atoms with Crippen molar-refractivity contribution in [3.05, 3.63) is 29.3 Å². The third kappa shape index (κ3) is 5.43. The topological polar surface area (TPSA) is 116 Å². The molecule has 0 aliphatic carbocycles. The van der Waals surface area contributed by atoms with Crippen molar-refractivity contribution in [1.82, 2.24) is 15.6 Å². The van der Waals surface area contributed by atoms with Crippen LogP contribution < -0.4 is 20.1 Å². The first-order valence-corrected chi connectivity index (χ1v) is 9.14. The van der Waals surface area contributed by atoms with E-state index in [0.717, 1.165) is 5.56 Å². The molecule has 0 unspecified atom stereocenters. The van der Waals surface area contributed by atoms with E-state index in [-0.39, 0.29) is 6.42 Å². The van der Waals surface area contributed by atoms with E-state index < -0.39 is 24.0 Å². The van der Waals surface area contributed by atoms with Crippen molar-refractivity contribution in [2.75, 3.05) is 21.3 Å². The second-order valence-corrected chi connectivity index (χ2v) is 6.45. The molecule has 0 aliphatic rings. The van der Waals surface area contributed by atoms with E-state index in [9.17, 15) is 14.4 Å². The highest BCUT2D eigenvalue weighted by Crippen LogP contribution is 2.33. The molecule has 9 nitrogen and oxygen atoms in total. The largest absolute Gasteiger partial charge is 0.493 e. The third-order valence-electron chi connectivity index (χ3n) is 3.65. The van der Waals surface area contributed by atoms with Crippen LogP contribution in [0.15, 0.2) is 23.6 Å². The van der Waals surface area contributed by atoms with E-state index >= 15 is 0 Å². The van der Waals surface area contributed by atoms with Gasteiger partial charge in [0.1, 0.15) is 5.01 Å². The molecule has 2 rings (SSSR count). The second-order valence-electron chi connectivity index (χ2n) is 5.59. The number of thiazole rings is 1. The second kappa shape index (κ2) is 9.70. The van der Waals surface area contributed by atoms with E-state index in [1.54, 1.807) is 31.7 Å². The zero-order valence-electron chi connectivity index (χ0n) is 15.9. The minimum absolute atomic E-state index is 0.0958. The number of amides is 3. The fourth-order valence-electron chi connectivity index (χ4n) is 2.21. The van der Waals surface area contributed by atoms with Gasteiger partial charge in [0.15, 0.2) is 17.6 Å². The molecule has 1 atom stereocenters. The zero-order chi connectivity index (χ0) is 20.7. The number of benzene rings is 1. The lowest BCUT2D eigenvalue weighted by Gasteiger charge is -2.12. The Balaban J connectivity index is 2.00. The fourth-order valence-corrected chi connectivity index (χ4v) is 3.02. The maximum atomic E-state index is 12.0. The Morgan fingerprint density at radius 2 is 1.89 bits per heavy atom. The number of carbonyl (C=O) groups is 3. The maximum Gasteiger partial charge on any atom is 0.321 e. The van der Waals surface area contributed by atoms with Crippen LogP contribution >= 0.6 is 11.3 Å². The zero-order valence-corrected chi connectivity index (χ0v) is 16.7. The fraction of sp³-hybridized carbons (Fsp3) is 0.333. The summed E-state index contributed by atoms with van der Waals surface area (Å²) in [6, 6.07) is 4.74. The first-order chi connectivity index (χ1) is 13.4. The van der Waals surface area contributed by atoms with Crippen LogP contribution in [-0.4, -0.2) is 50.3 Å². The number of nitrogens with one attached hydrogen (secondary N) is 2. The molecule has 0 fully saturated rings. The van der Waals surface area contributed by atoms with Crippen molar-refractivity contribution < 1.29 is 28.6 Å². The number of aromatic nitrogens is 1. The highest BCUT2D eigenvalue weighted by molar-refractivity contribution is 7.13. The van der Waals surface area contributed by atoms with Crippen LogP contribution in [0.2, 0.25) is 0 Å². The first-order valence-electron chi connectivity index (χ1n) is 8.26. The molecule has 0 saturated carbocycles. The minimum atomic E-state index is -1.10. The van der Waals surface area contributed by atoms with Crippen molar-refractivity contribution in [3.63, 3.8) is 0 Å². The van der Waals surface area contributed by atoms with Gasteiger partial charge in [-0.1, -0.05) is 0 Å². The predicted molar refractivity (Wildman–Crippen MR) is 103 cm³/mol. The minimum Gasteiger partial charge on any atom is -0.493 e. The van der Waals surface area contributed by atoms with Gasteiger partial charge in [0, 0.05) is 18.0 Å². The highest BCUT2D eigenvalue weighted by atomic mass is 32.1. The van der Waals surface area contributed by atoms with Gasteiger partial charge in [0.05, 0.1) is 26.3 Å². The van der Waals surface area contributed by atoms with Crippen LogP contribution in [0.4, 0.5) is 4.79 Å². The molecule has 1 heterocycles. The number of carbonyl (C=O) groups excluding carboxylic acids is 3. The summed E-state index contributed by atoms with van der Waals surface area (Å²) in [5.41, 5.74) is 1.33. The molecule has 3 amide bonds. The van der Waals surface area contributed by atoms with Crippen molar-refractivity contribution in [1.29, 1.82) is 0 Å². The Morgan fingerprint density at radius 3 is 2.54 bits per heavy atom. The van der Waals surface area contributed by atoms with Gasteiger partial charge >= 0.3 is 12.0 Å². The molecule has 150 valence electrons. The quantitative estimate of drug-likeness (QED) is 0.672. The lowest BCUT2D eigenvalue weighted by molar-refractivity contribution is -0.153. The number of nitrogens with zero attached hydrogens (tertiary/aromatic N) is 1. The molecule has 0 radical (unpaired) electrons. The van der Waals surface area contributed by atoms with Crippen molar-refractivity contribution in [2.45, 2.75) is 19.4 Å². The van der Waals surface area contributed by atoms with Crippen LogP contribution in [0.3, 0.4) is 0 Å². The number of urea groups is 1. The van der Waals surface area contributed by atoms with Gasteiger partial charge in [-0.2, -0.15) is 0 Å². The molecule has 28 heavy (non-hydrogen) atoms. The summed E-state index contributed by atoms with van der Waals surface area (Å²) in [6.07, 6.45) is -1.20. The molecule has 2 N–H and O–H groups in total. The lowest BCUT2D eigenvalue weighted by atomic mass is 10.2. The highest BCUT2D eigenvalue weighted by Gasteiger charge is 2.20. The molecule has 2 aromatic rings. The van der Waals surface area contributed by atoms with Crippen molar-refractivity contribution >= 4 is 29.2 Å². The molecule has 0 saturated heterocycles. The third-order valence-corrected chi connectivity index (χ3v) is 4.59. The van der Waals surface area contributed by atoms with Crippen molar-refractivity contribution in [3.8, 4) is 22.1 Å². The Labute approximate surface area is 166 Å². The van der Waals surface area contributed by atoms with E-state index in [4.69, 9.17) is 14.2 Å². The van der Waals surface area contributed by atoms with Gasteiger partial charge in [-0.15, -0.1) is 11.3 Å². The molecule has 10 heteroatoms. The average Bonchev–Trinajstić information content (AvgIpc) is 3.15. The molecule has 1 aromatic heterocycles. The summed E-state index contributed by atoms with van der Waals surface area (Å²) in [7, 11) is 4.48. The van der Waals surface area contributed by atoms with Crippen LogP contribution in [0, 0.1) is 0 Å². The molecular weight excluding hydrogens is 386 g/mol. The monoisotopic (exact) mass is 407 g/mol. The maximum absolute atomic E-state index is 12.0. The summed E-state index contributed by atoms with van der Waals surface area (Å²) in [4.78, 5) is 39.3. The van der Waals surface area contributed by atoms with Gasteiger partial charge in [-0.25, -0.2) is 9.78 Å². The smallest absolute Gasteiger partial charge is 0.321 e. The van der Waals surface area contributed by atoms with Gasteiger partial charge in [-0.3, -0.25) is 14.9 Å². The summed E-state index contributed by atoms with van der Waals surface area (Å²) in [6.45, 7) is 1.38. The van der Waals surface area contributed by atoms with Gasteiger partial charge in [0.2, 0.25) is 0 Å². The molecular formula is C18H21N3O6S. The number of ether oxygens (including phenoxy) is 3. The Kier molecular flexibility index (Phi) is 7.33. The van der Waals surface area contributed by atoms with Crippen LogP contribution in [0.5, 0.6) is 11.5 Å². The number of rotatable bonds is 7. The van der Waals surface area contributed by atoms with Crippen LogP contribution in [0.25, 0.3) is 10.6 Å². The van der Waals surface area contributed by atoms with Gasteiger partial charge in [0.25, 0.3) is 5.91 Å². The summed E-state index contributed by atoms with van der Waals surface area (Å²) < 4.78 is 15.5. The van der Waals surface area contributed by atoms with E-state index in [1.807, 2.05) is 11.4 Å². The molecule has 1 aromatic carbocycles. The summed E-state index contributed by atoms with van der Waals surface area (Å²) in [5, 5.41) is 6.72. The van der Waals surface area contributed by atoms with Crippen LogP contribution in [0.1, 0.15) is 12.6 Å². The van der Waals surface area contributed by atoms with Crippen LogP contribution in [-0.2, 0) is 20.7 Å². The SMILES string of the molecule is CNC(=O)NC(=O)[C@@H](C)OC(=O)Cc1csc(-c2ccc(OC)c(OC)c2)n1. The van der Waals surface area contributed by atoms with Gasteiger partial charge < -0.3 is 19.5 Å². The lowest BCUT2D eigenvalue weighted by Crippen LogP contribution is -2.43. The van der Waals surface area contributed by atoms with E-state index in [0.29, 0.717) is 22.2 Å². The molecule has 0 spiro atoms. The number of methoxy groups -OCH3 is 2. The Morgan fingerprint density at radius 1 is 1.18 bits per heavy atom. The predicted octanol–water partition coefficient (Wildman–Crippen LogP) is 1.76. The Bertz CT molecular complexity index is 867. The first kappa shape index (κ1) is 21.2. The summed E-state index contributed by atoms with van der Waals surface area (Å²) in [5.74, 6) is -0.150. The molecule has 0 aliphatic heterocycles. The van der Waals surface area contributed by atoms with Gasteiger partial charge in [-0.05, 0) is 25.1 Å². The van der Waals surface area contributed by atoms with E-state index in [1.165, 1.54) is 25.3 Å². The average molecular weight is 407 g/mol. The summed E-state index contributed by atoms with van der Waals surface area (Å²) >= 11 is 1.37. The molecule has 0 bridgehead atoms. The number of esters is 1. The number of hydrogen-bond donors (Lipinski definition) is 2. The standard InChI is InChI=1S/C18H21N3O6S/c1-10(16(23)21-18(24)19-2)27-15(22)8-12-9-28-17(20-12)11-5-6-13(25-3)14(7-11)26-4/h5-7,9-10H,8H2,1-4H3,(H2,19,21,23,24)/t10-/m1/s1. The number of hydrogen-bond acceptors (Lipinski definition) is 8. The number of imide groups is 1. The van der Waals surface area contributed by atoms with Crippen molar-refractivity contribution in [2.24, 2.45) is 0 Å². The Hall–Kier alpha value is -3.14. The normalized spacial score (nSPS) is 11.3.